The molecule has 1 saturated carbocycles. The molecule has 0 bridgehead atoms. The Hall–Kier alpha value is 0.0662. The Kier molecular flexibility index (Phi) is 10.3. The average molecular weight is 278 g/mol. The Labute approximate surface area is 117 Å². The first kappa shape index (κ1) is 19.4. The molecule has 0 aromatic heterocycles. The van der Waals surface area contributed by atoms with Crippen molar-refractivity contribution in [1.29, 1.82) is 0 Å². The first-order valence-electron chi connectivity index (χ1n) is 4.74. The normalized spacial score (nSPS) is 23.8. The molecule has 0 radical (unpaired) electrons. The van der Waals surface area contributed by atoms with E-state index in [0.717, 1.165) is 25.7 Å². The van der Waals surface area contributed by atoms with Gasteiger partial charge in [-0.05, 0) is 25.7 Å². The molecule has 96 valence electrons. The van der Waals surface area contributed by atoms with Crippen LogP contribution in [0.1, 0.15) is 25.7 Å². The number of nitrogens with two attached hydrogens (primary N) is 1. The van der Waals surface area contributed by atoms with Crippen molar-refractivity contribution in [3.05, 3.63) is 0 Å². The monoisotopic (exact) mass is 277 g/mol. The van der Waals surface area contributed by atoms with Gasteiger partial charge in [0.15, 0.2) is 0 Å². The number of rotatable bonds is 1. The molecule has 0 aliphatic heterocycles. The average Bonchev–Trinajstić information content (AvgIpc) is 2.15. The van der Waals surface area contributed by atoms with Crippen molar-refractivity contribution >= 4 is 39.4 Å². The molecule has 0 amide bonds. The number of carbonyl (C=O) groups is 1. The van der Waals surface area contributed by atoms with E-state index in [0.29, 0.717) is 6.04 Å². The largest absolute Gasteiger partial charge is 2.00 e. The Morgan fingerprint density at radius 2 is 1.59 bits per heavy atom. The second-order valence-electron chi connectivity index (χ2n) is 3.54. The van der Waals surface area contributed by atoms with E-state index in [1.807, 2.05) is 0 Å². The molecule has 0 unspecified atom stereocenters. The zero-order valence-electron chi connectivity index (χ0n) is 9.63. The Morgan fingerprint density at radius 3 is 1.88 bits per heavy atom. The minimum Gasteiger partial charge on any atom is -0.759 e. The summed E-state index contributed by atoms with van der Waals surface area (Å²) in [5.41, 5.74) is 5.69. The Balaban J connectivity index is 0. The van der Waals surface area contributed by atoms with Gasteiger partial charge in [-0.15, -0.1) is 0 Å². The van der Waals surface area contributed by atoms with Gasteiger partial charge in [0.05, 0.1) is 13.0 Å². The van der Waals surface area contributed by atoms with Crippen molar-refractivity contribution in [2.45, 2.75) is 31.7 Å². The number of hydrogen-bond acceptors (Lipinski definition) is 7. The third kappa shape index (κ3) is 12.3. The molecule has 1 fully saturated rings. The topological polar surface area (TPSA) is 133 Å². The van der Waals surface area contributed by atoms with Crippen LogP contribution in [0, 0.1) is 5.92 Å². The molecule has 0 saturated heterocycles. The van der Waals surface area contributed by atoms with Crippen LogP contribution in [0.3, 0.4) is 0 Å². The number of carbonyl (C=O) groups excluding carboxylic acids is 1. The van der Waals surface area contributed by atoms with Gasteiger partial charge in [-0.1, -0.05) is 0 Å². The van der Waals surface area contributed by atoms with Crippen molar-refractivity contribution in [1.82, 2.24) is 0 Å². The van der Waals surface area contributed by atoms with Crippen molar-refractivity contribution in [3.8, 4) is 0 Å². The third-order valence-corrected chi connectivity index (χ3v) is 2.31. The van der Waals surface area contributed by atoms with E-state index in [9.17, 15) is 4.79 Å². The van der Waals surface area contributed by atoms with Crippen LogP contribution in [0.5, 0.6) is 0 Å². The van der Waals surface area contributed by atoms with E-state index in [1.54, 1.807) is 0 Å². The van der Waals surface area contributed by atoms with E-state index in [4.69, 9.17) is 23.3 Å². The van der Waals surface area contributed by atoms with Gasteiger partial charge in [0.1, 0.15) is 0 Å². The van der Waals surface area contributed by atoms with E-state index < -0.39 is 10.4 Å². The smallest absolute Gasteiger partial charge is 0.759 e. The first-order valence-corrected chi connectivity index (χ1v) is 6.07. The van der Waals surface area contributed by atoms with Crippen LogP contribution in [0.15, 0.2) is 0 Å². The second kappa shape index (κ2) is 9.06. The molecule has 0 atom stereocenters. The van der Waals surface area contributed by atoms with Gasteiger partial charge in [-0.2, -0.15) is 0 Å². The molecule has 9 heteroatoms. The molecule has 1 aliphatic rings. The molecule has 0 spiro atoms. The minimum atomic E-state index is -5.17. The minimum absolute atomic E-state index is 0. The summed E-state index contributed by atoms with van der Waals surface area (Å²) < 4.78 is 38.7. The number of hydrogen-bond donors (Lipinski definition) is 1. The van der Waals surface area contributed by atoms with Gasteiger partial charge in [0, 0.05) is 16.4 Å². The first-order chi connectivity index (χ1) is 7.24. The molecule has 7 nitrogen and oxygen atoms in total. The Morgan fingerprint density at radius 1 is 1.24 bits per heavy atom. The number of esters is 1. The quantitative estimate of drug-likeness (QED) is 0.280. The second-order valence-corrected chi connectivity index (χ2v) is 4.36. The van der Waals surface area contributed by atoms with E-state index in [1.165, 1.54) is 7.11 Å². The zero-order valence-corrected chi connectivity index (χ0v) is 11.9. The van der Waals surface area contributed by atoms with E-state index >= 15 is 0 Å². The van der Waals surface area contributed by atoms with Gasteiger partial charge in [-0.3, -0.25) is 13.2 Å². The third-order valence-electron chi connectivity index (χ3n) is 2.31. The molecule has 2 N–H and O–H groups in total. The van der Waals surface area contributed by atoms with Crippen LogP contribution in [0.4, 0.5) is 0 Å². The zero-order chi connectivity index (χ0) is 12.8. The van der Waals surface area contributed by atoms with Gasteiger partial charge in [-0.25, -0.2) is 0 Å². The van der Waals surface area contributed by atoms with Crippen LogP contribution >= 0.6 is 0 Å². The van der Waals surface area contributed by atoms with E-state index in [-0.39, 0.29) is 34.9 Å². The summed E-state index contributed by atoms with van der Waals surface area (Å²) in [6, 6.07) is 0.302. The molecule has 1 rings (SSSR count). The fourth-order valence-electron chi connectivity index (χ4n) is 1.52. The number of ether oxygens (including phenoxy) is 1. The predicted octanol–water partition coefficient (Wildman–Crippen LogP) is -1.04. The molecule has 1 aliphatic carbocycles. The SMILES string of the molecule is COC(=O)[C@H]1CC[C@@H](N)CC1.O=S(=O)([O-])[O-].[Mg+2]. The van der Waals surface area contributed by atoms with Gasteiger partial charge < -0.3 is 19.6 Å². The summed E-state index contributed by atoms with van der Waals surface area (Å²) >= 11 is 0. The maximum Gasteiger partial charge on any atom is 2.00 e. The van der Waals surface area contributed by atoms with Gasteiger partial charge in [0.2, 0.25) is 0 Å². The number of methoxy groups -OCH3 is 1. The molecule has 0 heterocycles. The summed E-state index contributed by atoms with van der Waals surface area (Å²) in [5, 5.41) is 0. The fraction of sp³-hybridized carbons (Fsp3) is 0.875. The van der Waals surface area contributed by atoms with Crippen LogP contribution in [0.25, 0.3) is 0 Å². The summed E-state index contributed by atoms with van der Waals surface area (Å²) in [7, 11) is -3.73. The molecule has 0 aromatic rings. The standard InChI is InChI=1S/C8H15NO2.Mg.H2O4S/c1-11-8(10)6-2-4-7(9)5-3-6;;1-5(2,3)4/h6-7H,2-5,9H2,1H3;;(H2,1,2,3,4)/q;+2;/p-2/t6-,7+;;. The van der Waals surface area contributed by atoms with Crippen molar-refractivity contribution < 1.29 is 27.1 Å². The van der Waals surface area contributed by atoms with Crippen molar-refractivity contribution in [2.24, 2.45) is 11.7 Å². The summed E-state index contributed by atoms with van der Waals surface area (Å²) in [5.74, 6) is 0.0386. The maximum atomic E-state index is 11.0. The van der Waals surface area contributed by atoms with Gasteiger partial charge >= 0.3 is 29.0 Å². The van der Waals surface area contributed by atoms with Crippen molar-refractivity contribution in [2.75, 3.05) is 7.11 Å². The van der Waals surface area contributed by atoms with E-state index in [2.05, 4.69) is 4.74 Å². The van der Waals surface area contributed by atoms with Crippen LogP contribution in [-0.4, -0.2) is 59.7 Å². The van der Waals surface area contributed by atoms with Crippen molar-refractivity contribution in [3.63, 3.8) is 0 Å². The molecular weight excluding hydrogens is 262 g/mol. The predicted molar refractivity (Wildman–Crippen MR) is 58.2 cm³/mol. The summed E-state index contributed by atoms with van der Waals surface area (Å²) in [6.07, 6.45) is 3.71. The van der Waals surface area contributed by atoms with Crippen LogP contribution < -0.4 is 5.73 Å². The molecule has 17 heavy (non-hydrogen) atoms. The van der Waals surface area contributed by atoms with Gasteiger partial charge in [0.25, 0.3) is 0 Å². The maximum absolute atomic E-state index is 11.0. The van der Waals surface area contributed by atoms with Crippen LogP contribution in [-0.2, 0) is 19.9 Å². The van der Waals surface area contributed by atoms with Crippen LogP contribution in [0.2, 0.25) is 0 Å². The Bertz CT molecular complexity index is 304. The summed E-state index contributed by atoms with van der Waals surface area (Å²) in [6.45, 7) is 0. The molecular formula is C8H15MgNO6S. The fourth-order valence-corrected chi connectivity index (χ4v) is 1.52. The molecule has 0 aromatic carbocycles. The summed E-state index contributed by atoms with van der Waals surface area (Å²) in [4.78, 5) is 11.0.